The third kappa shape index (κ3) is 6.45. The van der Waals surface area contributed by atoms with Crippen molar-refractivity contribution in [2.75, 3.05) is 39.3 Å². The molecule has 0 radical (unpaired) electrons. The lowest BCUT2D eigenvalue weighted by molar-refractivity contribution is -0.126. The molecule has 142 valence electrons. The molecule has 1 amide bonds. The maximum absolute atomic E-state index is 12.2. The number of halogens is 2. The summed E-state index contributed by atoms with van der Waals surface area (Å²) in [6.07, 6.45) is 2.32. The quantitative estimate of drug-likeness (QED) is 0.754. The molecule has 0 bridgehead atoms. The Morgan fingerprint density at radius 2 is 2.00 bits per heavy atom. The molecular formula is C19H31Cl2N3O. The van der Waals surface area contributed by atoms with Crippen molar-refractivity contribution in [2.24, 2.45) is 17.8 Å². The highest BCUT2D eigenvalue weighted by molar-refractivity contribution is 5.85. The van der Waals surface area contributed by atoms with E-state index in [1.54, 1.807) is 0 Å². The van der Waals surface area contributed by atoms with Gasteiger partial charge in [-0.15, -0.1) is 24.8 Å². The van der Waals surface area contributed by atoms with E-state index in [1.807, 2.05) is 0 Å². The molecule has 2 saturated heterocycles. The predicted octanol–water partition coefficient (Wildman–Crippen LogP) is 2.37. The Labute approximate surface area is 163 Å². The molecule has 2 aliphatic rings. The highest BCUT2D eigenvalue weighted by Crippen LogP contribution is 2.18. The zero-order chi connectivity index (χ0) is 16.1. The van der Waals surface area contributed by atoms with Crippen LogP contribution in [0.15, 0.2) is 30.3 Å². The lowest BCUT2D eigenvalue weighted by atomic mass is 9.88. The summed E-state index contributed by atoms with van der Waals surface area (Å²) in [6, 6.07) is 10.7. The van der Waals surface area contributed by atoms with Crippen LogP contribution in [0.5, 0.6) is 0 Å². The summed E-state index contributed by atoms with van der Waals surface area (Å²) >= 11 is 0. The minimum absolute atomic E-state index is 0. The molecule has 1 aromatic rings. The van der Waals surface area contributed by atoms with Gasteiger partial charge in [0.25, 0.3) is 0 Å². The van der Waals surface area contributed by atoms with Crippen LogP contribution >= 0.6 is 24.8 Å². The highest BCUT2D eigenvalue weighted by atomic mass is 35.5. The number of rotatable bonds is 7. The van der Waals surface area contributed by atoms with Crippen molar-refractivity contribution < 1.29 is 4.79 Å². The second kappa shape index (κ2) is 11.0. The van der Waals surface area contributed by atoms with Crippen LogP contribution < -0.4 is 10.6 Å². The molecule has 2 N–H and O–H groups in total. The van der Waals surface area contributed by atoms with Gasteiger partial charge in [0.2, 0.25) is 5.91 Å². The first kappa shape index (κ1) is 22.2. The third-order valence-corrected chi connectivity index (χ3v) is 5.43. The van der Waals surface area contributed by atoms with Crippen molar-refractivity contribution >= 4 is 30.7 Å². The molecule has 0 aromatic heterocycles. The predicted molar refractivity (Wildman–Crippen MR) is 108 cm³/mol. The van der Waals surface area contributed by atoms with E-state index >= 15 is 0 Å². The first-order valence-electron chi connectivity index (χ1n) is 8.97. The number of hydrogen-bond acceptors (Lipinski definition) is 3. The molecule has 4 nitrogen and oxygen atoms in total. The summed E-state index contributed by atoms with van der Waals surface area (Å²) in [7, 11) is 0. The topological polar surface area (TPSA) is 44.4 Å². The molecular weight excluding hydrogens is 357 g/mol. The molecule has 6 heteroatoms. The van der Waals surface area contributed by atoms with Crippen LogP contribution in [0.4, 0.5) is 0 Å². The first-order valence-corrected chi connectivity index (χ1v) is 8.97. The number of likely N-dealkylation sites (tertiary alicyclic amines) is 1. The number of carbonyl (C=O) groups excluding carboxylic acids is 1. The molecule has 2 fully saturated rings. The van der Waals surface area contributed by atoms with Crippen LogP contribution in [-0.4, -0.2) is 50.1 Å². The van der Waals surface area contributed by atoms with Gasteiger partial charge in [0.1, 0.15) is 0 Å². The van der Waals surface area contributed by atoms with Crippen LogP contribution in [0.1, 0.15) is 18.9 Å². The number of benzene rings is 1. The Hall–Kier alpha value is -0.810. The average Bonchev–Trinajstić information content (AvgIpc) is 2.98. The summed E-state index contributed by atoms with van der Waals surface area (Å²) < 4.78 is 0. The fourth-order valence-corrected chi connectivity index (χ4v) is 3.50. The van der Waals surface area contributed by atoms with Crippen LogP contribution in [0.3, 0.4) is 0 Å². The standard InChI is InChI=1S/C19H29N3O.2ClH/c1-15(18-12-20-13-18)19(23)21-11-17-8-10-22(14-17)9-7-16-5-3-2-4-6-16;;/h2-6,15,17-18,20H,7-14H2,1H3,(H,21,23);2*1H. The van der Waals surface area contributed by atoms with Crippen molar-refractivity contribution in [3.63, 3.8) is 0 Å². The molecule has 25 heavy (non-hydrogen) atoms. The Balaban J connectivity index is 0.00000156. The summed E-state index contributed by atoms with van der Waals surface area (Å²) in [6.45, 7) is 8.28. The Morgan fingerprint density at radius 1 is 1.28 bits per heavy atom. The molecule has 3 rings (SSSR count). The molecule has 1 aromatic carbocycles. The van der Waals surface area contributed by atoms with Crippen molar-refractivity contribution in [1.29, 1.82) is 0 Å². The summed E-state index contributed by atoms with van der Waals surface area (Å²) in [5, 5.41) is 6.42. The van der Waals surface area contributed by atoms with Gasteiger partial charge in [-0.3, -0.25) is 4.79 Å². The third-order valence-electron chi connectivity index (χ3n) is 5.43. The van der Waals surface area contributed by atoms with Crippen LogP contribution in [0, 0.1) is 17.8 Å². The van der Waals surface area contributed by atoms with E-state index in [2.05, 4.69) is 52.8 Å². The lowest BCUT2D eigenvalue weighted by Gasteiger charge is -2.32. The van der Waals surface area contributed by atoms with Gasteiger partial charge in [-0.05, 0) is 49.9 Å². The smallest absolute Gasteiger partial charge is 0.223 e. The highest BCUT2D eigenvalue weighted by Gasteiger charge is 2.29. The zero-order valence-electron chi connectivity index (χ0n) is 14.9. The number of nitrogens with one attached hydrogen (secondary N) is 2. The van der Waals surface area contributed by atoms with Crippen molar-refractivity contribution in [2.45, 2.75) is 19.8 Å². The molecule has 2 unspecified atom stereocenters. The van der Waals surface area contributed by atoms with E-state index in [9.17, 15) is 4.79 Å². The van der Waals surface area contributed by atoms with Crippen LogP contribution in [-0.2, 0) is 11.2 Å². The molecule has 2 aliphatic heterocycles. The number of hydrogen-bond donors (Lipinski definition) is 2. The minimum atomic E-state index is 0. The maximum Gasteiger partial charge on any atom is 0.223 e. The maximum atomic E-state index is 12.2. The second-order valence-electron chi connectivity index (χ2n) is 7.14. The largest absolute Gasteiger partial charge is 0.356 e. The monoisotopic (exact) mass is 387 g/mol. The van der Waals surface area contributed by atoms with Crippen LogP contribution in [0.2, 0.25) is 0 Å². The normalized spacial score (nSPS) is 21.6. The van der Waals surface area contributed by atoms with E-state index < -0.39 is 0 Å². The van der Waals surface area contributed by atoms with E-state index in [1.165, 1.54) is 12.0 Å². The van der Waals surface area contributed by atoms with Gasteiger partial charge < -0.3 is 15.5 Å². The zero-order valence-corrected chi connectivity index (χ0v) is 16.6. The van der Waals surface area contributed by atoms with Gasteiger partial charge in [-0.1, -0.05) is 37.3 Å². The van der Waals surface area contributed by atoms with Crippen LogP contribution in [0.25, 0.3) is 0 Å². The van der Waals surface area contributed by atoms with Gasteiger partial charge in [-0.2, -0.15) is 0 Å². The molecule has 0 aliphatic carbocycles. The SMILES string of the molecule is CC(C(=O)NCC1CCN(CCc2ccccc2)C1)C1CNC1.Cl.Cl. The average molecular weight is 388 g/mol. The van der Waals surface area contributed by atoms with Gasteiger partial charge >= 0.3 is 0 Å². The Bertz CT molecular complexity index is 511. The number of nitrogens with zero attached hydrogens (tertiary/aromatic N) is 1. The Kier molecular flexibility index (Phi) is 9.80. The Morgan fingerprint density at radius 3 is 2.64 bits per heavy atom. The number of carbonyl (C=O) groups is 1. The molecule has 0 saturated carbocycles. The van der Waals surface area contributed by atoms with Gasteiger partial charge in [0.05, 0.1) is 0 Å². The molecule has 2 atom stereocenters. The van der Waals surface area contributed by atoms with Gasteiger partial charge in [0, 0.05) is 25.6 Å². The minimum Gasteiger partial charge on any atom is -0.356 e. The molecule has 0 spiro atoms. The summed E-state index contributed by atoms with van der Waals surface area (Å²) in [5.41, 5.74) is 1.41. The van der Waals surface area contributed by atoms with Crippen molar-refractivity contribution in [1.82, 2.24) is 15.5 Å². The fourth-order valence-electron chi connectivity index (χ4n) is 3.50. The summed E-state index contributed by atoms with van der Waals surface area (Å²) in [5.74, 6) is 1.52. The molecule has 2 heterocycles. The van der Waals surface area contributed by atoms with E-state index in [0.717, 1.165) is 45.7 Å². The van der Waals surface area contributed by atoms with Gasteiger partial charge in [-0.25, -0.2) is 0 Å². The van der Waals surface area contributed by atoms with Gasteiger partial charge in [0.15, 0.2) is 0 Å². The second-order valence-corrected chi connectivity index (χ2v) is 7.14. The lowest BCUT2D eigenvalue weighted by Crippen LogP contribution is -2.50. The first-order chi connectivity index (χ1) is 11.2. The fraction of sp³-hybridized carbons (Fsp3) is 0.632. The van der Waals surface area contributed by atoms with E-state index in [4.69, 9.17) is 0 Å². The van der Waals surface area contributed by atoms with E-state index in [-0.39, 0.29) is 36.6 Å². The van der Waals surface area contributed by atoms with E-state index in [0.29, 0.717) is 11.8 Å². The number of amides is 1. The summed E-state index contributed by atoms with van der Waals surface area (Å²) in [4.78, 5) is 14.7. The van der Waals surface area contributed by atoms with Crippen molar-refractivity contribution in [3.8, 4) is 0 Å². The van der Waals surface area contributed by atoms with Crippen molar-refractivity contribution in [3.05, 3.63) is 35.9 Å².